The Morgan fingerprint density at radius 2 is 1.11 bits per heavy atom. The summed E-state index contributed by atoms with van der Waals surface area (Å²) in [5, 5.41) is 10.5. The van der Waals surface area contributed by atoms with Gasteiger partial charge in [-0.2, -0.15) is 0 Å². The lowest BCUT2D eigenvalue weighted by molar-refractivity contribution is 0.404. The molecule has 1 rings (SSSR count). The van der Waals surface area contributed by atoms with Gasteiger partial charge in [0.05, 0.1) is 0 Å². The molecule has 0 saturated carbocycles. The van der Waals surface area contributed by atoms with Crippen LogP contribution in [0.3, 0.4) is 0 Å². The van der Waals surface area contributed by atoms with Crippen LogP contribution in [0.15, 0.2) is 24.3 Å². The molecule has 0 aliphatic rings. The highest BCUT2D eigenvalue weighted by molar-refractivity contribution is 6.94. The first-order valence-corrected chi connectivity index (χ1v) is 15.7. The molecule has 0 heterocycles. The van der Waals surface area contributed by atoms with Crippen LogP contribution in [-0.2, 0) is 8.23 Å². The van der Waals surface area contributed by atoms with Crippen molar-refractivity contribution in [3.63, 3.8) is 0 Å². The van der Waals surface area contributed by atoms with Crippen molar-refractivity contribution in [2.75, 3.05) is 0 Å². The highest BCUT2D eigenvalue weighted by Crippen LogP contribution is 2.21. The molecule has 0 amide bonds. The van der Waals surface area contributed by atoms with Gasteiger partial charge < -0.3 is 13.3 Å². The number of hydrogen-bond acceptors (Lipinski definition) is 3. The van der Waals surface area contributed by atoms with E-state index in [9.17, 15) is 5.11 Å². The quantitative estimate of drug-likeness (QED) is 0.847. The maximum atomic E-state index is 9.44. The van der Waals surface area contributed by atoms with E-state index < -0.39 is 25.2 Å². The van der Waals surface area contributed by atoms with Crippen LogP contribution < -0.4 is 5.19 Å². The van der Waals surface area contributed by atoms with Gasteiger partial charge in [-0.3, -0.25) is 0 Å². The standard InChI is InChI=1S/C13H26O3Si3/c1-17(2,3)15-19(7,16-18(4,5)6)13-10-8-12(14)9-11-13/h8-11,14H,1-7H3. The average Bonchev–Trinajstić information content (AvgIpc) is 2.11. The molecule has 0 radical (unpaired) electrons. The van der Waals surface area contributed by atoms with Gasteiger partial charge in [-0.25, -0.2) is 0 Å². The molecule has 0 spiro atoms. The average molecular weight is 315 g/mol. The van der Waals surface area contributed by atoms with Crippen LogP contribution in [0, 0.1) is 0 Å². The minimum absolute atomic E-state index is 0.279. The molecule has 1 N–H and O–H groups in total. The third-order valence-corrected chi connectivity index (χ3v) is 11.8. The van der Waals surface area contributed by atoms with E-state index in [0.29, 0.717) is 0 Å². The number of benzene rings is 1. The zero-order valence-electron chi connectivity index (χ0n) is 13.1. The Morgan fingerprint density at radius 3 is 1.42 bits per heavy atom. The second-order valence-electron chi connectivity index (χ2n) is 6.92. The molecular weight excluding hydrogens is 288 g/mol. The number of phenolic OH excluding ortho intramolecular Hbond substituents is 1. The van der Waals surface area contributed by atoms with Gasteiger partial charge in [0, 0.05) is 0 Å². The number of aromatic hydroxyl groups is 1. The molecule has 1 aromatic carbocycles. The van der Waals surface area contributed by atoms with Gasteiger partial charge in [0.15, 0.2) is 16.6 Å². The predicted octanol–water partition coefficient (Wildman–Crippen LogP) is 3.37. The Kier molecular flexibility index (Phi) is 4.84. The van der Waals surface area contributed by atoms with Crippen molar-refractivity contribution in [1.82, 2.24) is 0 Å². The molecule has 19 heavy (non-hydrogen) atoms. The van der Waals surface area contributed by atoms with E-state index in [-0.39, 0.29) is 5.75 Å². The number of rotatable bonds is 5. The molecule has 108 valence electrons. The van der Waals surface area contributed by atoms with Crippen molar-refractivity contribution in [3.05, 3.63) is 24.3 Å². The fourth-order valence-electron chi connectivity index (χ4n) is 2.07. The summed E-state index contributed by atoms with van der Waals surface area (Å²) in [6, 6.07) is 7.28. The Hall–Kier alpha value is -0.409. The summed E-state index contributed by atoms with van der Waals surface area (Å²) in [4.78, 5) is 0. The van der Waals surface area contributed by atoms with Crippen molar-refractivity contribution >= 4 is 30.4 Å². The summed E-state index contributed by atoms with van der Waals surface area (Å²) in [7, 11) is -5.79. The minimum Gasteiger partial charge on any atom is -0.508 e. The second-order valence-corrected chi connectivity index (χ2v) is 19.5. The third-order valence-electron chi connectivity index (χ3n) is 2.39. The summed E-state index contributed by atoms with van der Waals surface area (Å²) >= 11 is 0. The summed E-state index contributed by atoms with van der Waals surface area (Å²) in [5.41, 5.74) is 0. The monoisotopic (exact) mass is 314 g/mol. The van der Waals surface area contributed by atoms with Crippen LogP contribution in [0.1, 0.15) is 0 Å². The lowest BCUT2D eigenvalue weighted by atomic mass is 10.3. The van der Waals surface area contributed by atoms with Crippen LogP contribution in [-0.4, -0.2) is 30.3 Å². The van der Waals surface area contributed by atoms with Crippen LogP contribution in [0.4, 0.5) is 0 Å². The van der Waals surface area contributed by atoms with Gasteiger partial charge in [-0.15, -0.1) is 0 Å². The lowest BCUT2D eigenvalue weighted by Gasteiger charge is -2.38. The maximum absolute atomic E-state index is 9.44. The van der Waals surface area contributed by atoms with E-state index in [2.05, 4.69) is 45.8 Å². The first-order valence-electron chi connectivity index (χ1n) is 6.61. The smallest absolute Gasteiger partial charge is 0.348 e. The molecule has 0 aromatic heterocycles. The van der Waals surface area contributed by atoms with Gasteiger partial charge in [-0.1, -0.05) is 12.1 Å². The second kappa shape index (κ2) is 5.53. The molecule has 1 aromatic rings. The van der Waals surface area contributed by atoms with Gasteiger partial charge >= 0.3 is 8.56 Å². The minimum atomic E-state index is -2.41. The van der Waals surface area contributed by atoms with E-state index in [1.54, 1.807) is 12.1 Å². The van der Waals surface area contributed by atoms with E-state index in [1.165, 1.54) is 0 Å². The largest absolute Gasteiger partial charge is 0.508 e. The Balaban J connectivity index is 3.14. The fraction of sp³-hybridized carbons (Fsp3) is 0.538. The molecule has 3 nitrogen and oxygen atoms in total. The fourth-order valence-corrected chi connectivity index (χ4v) is 13.7. The Morgan fingerprint density at radius 1 is 0.737 bits per heavy atom. The first-order chi connectivity index (χ1) is 8.41. The molecule has 0 unspecified atom stereocenters. The molecule has 0 saturated heterocycles. The zero-order chi connectivity index (χ0) is 14.9. The highest BCUT2D eigenvalue weighted by atomic mass is 28.5. The Bertz CT molecular complexity index is 402. The maximum Gasteiger partial charge on any atom is 0.348 e. The molecule has 0 aliphatic heterocycles. The van der Waals surface area contributed by atoms with Crippen LogP contribution in [0.5, 0.6) is 5.75 Å². The molecule has 6 heteroatoms. The lowest BCUT2D eigenvalue weighted by Crippen LogP contribution is -2.60. The highest BCUT2D eigenvalue weighted by Gasteiger charge is 2.42. The van der Waals surface area contributed by atoms with Gasteiger partial charge in [0.25, 0.3) is 0 Å². The van der Waals surface area contributed by atoms with Gasteiger partial charge in [0.1, 0.15) is 5.75 Å². The number of hydrogen-bond donors (Lipinski definition) is 1. The van der Waals surface area contributed by atoms with E-state index in [0.717, 1.165) is 5.19 Å². The molecule has 0 atom stereocenters. The summed E-state index contributed by atoms with van der Waals surface area (Å²) < 4.78 is 12.9. The van der Waals surface area contributed by atoms with Gasteiger partial charge in [0.2, 0.25) is 0 Å². The summed E-state index contributed by atoms with van der Waals surface area (Å²) in [6.07, 6.45) is 0. The predicted molar refractivity (Wildman–Crippen MR) is 88.2 cm³/mol. The van der Waals surface area contributed by atoms with E-state index >= 15 is 0 Å². The summed E-state index contributed by atoms with van der Waals surface area (Å²) in [6.45, 7) is 15.2. The Labute approximate surface area is 120 Å². The van der Waals surface area contributed by atoms with Crippen LogP contribution in [0.2, 0.25) is 45.8 Å². The first kappa shape index (κ1) is 16.6. The normalized spacial score (nSPS) is 13.6. The van der Waals surface area contributed by atoms with E-state index in [4.69, 9.17) is 8.23 Å². The van der Waals surface area contributed by atoms with Crippen LogP contribution >= 0.6 is 0 Å². The van der Waals surface area contributed by atoms with Crippen molar-refractivity contribution in [2.45, 2.75) is 45.8 Å². The van der Waals surface area contributed by atoms with Gasteiger partial charge in [-0.05, 0) is 63.1 Å². The topological polar surface area (TPSA) is 38.7 Å². The molecule has 0 fully saturated rings. The van der Waals surface area contributed by atoms with Crippen LogP contribution in [0.25, 0.3) is 0 Å². The SMILES string of the molecule is C[Si](C)(C)O[Si](C)(O[Si](C)(C)C)c1ccc(O)cc1. The molecule has 0 aliphatic carbocycles. The van der Waals surface area contributed by atoms with E-state index in [1.807, 2.05) is 12.1 Å². The van der Waals surface area contributed by atoms with Crippen molar-refractivity contribution in [2.24, 2.45) is 0 Å². The third kappa shape index (κ3) is 5.62. The number of phenols is 1. The zero-order valence-corrected chi connectivity index (χ0v) is 16.1. The summed E-state index contributed by atoms with van der Waals surface area (Å²) in [5.74, 6) is 0.279. The van der Waals surface area contributed by atoms with Crippen molar-refractivity contribution in [1.29, 1.82) is 0 Å². The molecular formula is C13H26O3Si3. The molecule has 0 bridgehead atoms. The van der Waals surface area contributed by atoms with Crippen molar-refractivity contribution in [3.8, 4) is 5.75 Å². The van der Waals surface area contributed by atoms with Crippen molar-refractivity contribution < 1.29 is 13.3 Å².